The molecule has 0 aliphatic heterocycles. The standard InChI is InChI=1S/C18H23NO/c1-13-9-14(2)11-16(10-13)17(19-4)12-20-18-8-6-5-7-15(18)3/h5-11,17,19H,12H2,1-4H3. The van der Waals surface area contributed by atoms with Gasteiger partial charge in [0.2, 0.25) is 0 Å². The number of hydrogen-bond donors (Lipinski definition) is 1. The number of nitrogens with one attached hydrogen (secondary N) is 1. The van der Waals surface area contributed by atoms with Crippen LogP contribution in [0.3, 0.4) is 0 Å². The van der Waals surface area contributed by atoms with E-state index in [9.17, 15) is 0 Å². The maximum Gasteiger partial charge on any atom is 0.122 e. The van der Waals surface area contributed by atoms with E-state index in [1.165, 1.54) is 22.3 Å². The molecule has 0 bridgehead atoms. The highest BCUT2D eigenvalue weighted by atomic mass is 16.5. The van der Waals surface area contributed by atoms with E-state index in [4.69, 9.17) is 4.74 Å². The van der Waals surface area contributed by atoms with Gasteiger partial charge in [0.1, 0.15) is 12.4 Å². The molecule has 106 valence electrons. The number of likely N-dealkylation sites (N-methyl/N-ethyl adjacent to an activating group) is 1. The van der Waals surface area contributed by atoms with E-state index in [0.29, 0.717) is 6.61 Å². The van der Waals surface area contributed by atoms with Gasteiger partial charge < -0.3 is 10.1 Å². The summed E-state index contributed by atoms with van der Waals surface area (Å²) in [5.41, 5.74) is 5.02. The molecule has 0 saturated carbocycles. The first-order chi connectivity index (χ1) is 9.60. The number of hydrogen-bond acceptors (Lipinski definition) is 2. The number of rotatable bonds is 5. The zero-order valence-electron chi connectivity index (χ0n) is 12.7. The van der Waals surface area contributed by atoms with Gasteiger partial charge in [-0.25, -0.2) is 0 Å². The molecule has 1 atom stereocenters. The van der Waals surface area contributed by atoms with Gasteiger partial charge in [0.25, 0.3) is 0 Å². The second kappa shape index (κ2) is 6.58. The van der Waals surface area contributed by atoms with Crippen LogP contribution in [0.2, 0.25) is 0 Å². The Morgan fingerprint density at radius 3 is 2.25 bits per heavy atom. The third kappa shape index (κ3) is 3.61. The van der Waals surface area contributed by atoms with Gasteiger partial charge in [-0.3, -0.25) is 0 Å². The minimum atomic E-state index is 0.202. The summed E-state index contributed by atoms with van der Waals surface area (Å²) in [6.45, 7) is 6.96. The van der Waals surface area contributed by atoms with Crippen LogP contribution in [-0.4, -0.2) is 13.7 Å². The molecule has 2 aromatic rings. The fourth-order valence-electron chi connectivity index (χ4n) is 2.45. The molecule has 2 nitrogen and oxygen atoms in total. The average Bonchev–Trinajstić information content (AvgIpc) is 2.40. The molecular weight excluding hydrogens is 246 g/mol. The maximum atomic E-state index is 5.96. The van der Waals surface area contributed by atoms with Crippen LogP contribution in [0.4, 0.5) is 0 Å². The van der Waals surface area contributed by atoms with E-state index in [1.54, 1.807) is 0 Å². The van der Waals surface area contributed by atoms with Crippen molar-refractivity contribution in [3.8, 4) is 5.75 Å². The van der Waals surface area contributed by atoms with E-state index in [1.807, 2.05) is 25.2 Å². The Labute approximate surface area is 121 Å². The van der Waals surface area contributed by atoms with Crippen LogP contribution in [0.15, 0.2) is 42.5 Å². The van der Waals surface area contributed by atoms with Crippen LogP contribution >= 0.6 is 0 Å². The Morgan fingerprint density at radius 1 is 1.00 bits per heavy atom. The van der Waals surface area contributed by atoms with Crippen LogP contribution < -0.4 is 10.1 Å². The van der Waals surface area contributed by atoms with Crippen molar-refractivity contribution in [2.45, 2.75) is 26.8 Å². The zero-order valence-corrected chi connectivity index (χ0v) is 12.7. The van der Waals surface area contributed by atoms with Gasteiger partial charge >= 0.3 is 0 Å². The molecule has 2 rings (SSSR count). The third-order valence-electron chi connectivity index (χ3n) is 3.49. The normalized spacial score (nSPS) is 12.2. The lowest BCUT2D eigenvalue weighted by Crippen LogP contribution is -2.23. The van der Waals surface area contributed by atoms with E-state index in [2.05, 4.69) is 50.4 Å². The molecule has 1 unspecified atom stereocenters. The van der Waals surface area contributed by atoms with Crippen LogP contribution in [0.25, 0.3) is 0 Å². The molecule has 0 aliphatic carbocycles. The fraction of sp³-hybridized carbons (Fsp3) is 0.333. The predicted molar refractivity (Wildman–Crippen MR) is 84.4 cm³/mol. The van der Waals surface area contributed by atoms with Gasteiger partial charge in [0, 0.05) is 0 Å². The first kappa shape index (κ1) is 14.6. The van der Waals surface area contributed by atoms with Crippen molar-refractivity contribution in [1.29, 1.82) is 0 Å². The summed E-state index contributed by atoms with van der Waals surface area (Å²) in [6, 6.07) is 15.0. The quantitative estimate of drug-likeness (QED) is 0.887. The summed E-state index contributed by atoms with van der Waals surface area (Å²) in [4.78, 5) is 0. The minimum Gasteiger partial charge on any atom is -0.491 e. The highest BCUT2D eigenvalue weighted by Crippen LogP contribution is 2.21. The average molecular weight is 269 g/mol. The van der Waals surface area contributed by atoms with Crippen molar-refractivity contribution in [3.05, 3.63) is 64.7 Å². The van der Waals surface area contributed by atoms with E-state index < -0.39 is 0 Å². The van der Waals surface area contributed by atoms with Gasteiger partial charge in [-0.1, -0.05) is 47.5 Å². The molecule has 0 saturated heterocycles. The molecule has 0 fully saturated rings. The molecule has 2 heteroatoms. The molecule has 0 amide bonds. The van der Waals surface area contributed by atoms with Crippen molar-refractivity contribution in [1.82, 2.24) is 5.32 Å². The second-order valence-electron chi connectivity index (χ2n) is 5.34. The highest BCUT2D eigenvalue weighted by molar-refractivity contribution is 5.33. The Morgan fingerprint density at radius 2 is 1.65 bits per heavy atom. The minimum absolute atomic E-state index is 0.202. The van der Waals surface area contributed by atoms with Gasteiger partial charge in [-0.15, -0.1) is 0 Å². The molecule has 0 radical (unpaired) electrons. The summed E-state index contributed by atoms with van der Waals surface area (Å²) in [7, 11) is 1.98. The van der Waals surface area contributed by atoms with Crippen LogP contribution in [-0.2, 0) is 0 Å². The number of benzene rings is 2. The molecule has 0 aliphatic rings. The van der Waals surface area contributed by atoms with Gasteiger partial charge in [0.15, 0.2) is 0 Å². The summed E-state index contributed by atoms with van der Waals surface area (Å²) in [5.74, 6) is 0.956. The van der Waals surface area contributed by atoms with Gasteiger partial charge in [-0.2, -0.15) is 0 Å². The Kier molecular flexibility index (Phi) is 4.80. The van der Waals surface area contributed by atoms with Crippen molar-refractivity contribution < 1.29 is 4.74 Å². The molecular formula is C18H23NO. The fourth-order valence-corrected chi connectivity index (χ4v) is 2.45. The van der Waals surface area contributed by atoms with Crippen LogP contribution in [0.5, 0.6) is 5.75 Å². The first-order valence-electron chi connectivity index (χ1n) is 7.04. The summed E-state index contributed by atoms with van der Waals surface area (Å²) >= 11 is 0. The van der Waals surface area contributed by atoms with Crippen LogP contribution in [0, 0.1) is 20.8 Å². The van der Waals surface area contributed by atoms with Gasteiger partial charge in [0.05, 0.1) is 6.04 Å². The van der Waals surface area contributed by atoms with E-state index in [-0.39, 0.29) is 6.04 Å². The summed E-state index contributed by atoms with van der Waals surface area (Å²) < 4.78 is 5.96. The summed E-state index contributed by atoms with van der Waals surface area (Å²) in [5, 5.41) is 3.34. The topological polar surface area (TPSA) is 21.3 Å². The van der Waals surface area contributed by atoms with Crippen LogP contribution in [0.1, 0.15) is 28.3 Å². The Balaban J connectivity index is 2.11. The molecule has 0 spiro atoms. The second-order valence-corrected chi connectivity index (χ2v) is 5.34. The Hall–Kier alpha value is -1.80. The lowest BCUT2D eigenvalue weighted by molar-refractivity contribution is 0.271. The van der Waals surface area contributed by atoms with Gasteiger partial charge in [-0.05, 0) is 45.0 Å². The van der Waals surface area contributed by atoms with Crippen molar-refractivity contribution in [2.24, 2.45) is 0 Å². The number of aryl methyl sites for hydroxylation is 3. The molecule has 1 N–H and O–H groups in total. The van der Waals surface area contributed by atoms with Crippen molar-refractivity contribution in [3.63, 3.8) is 0 Å². The highest BCUT2D eigenvalue weighted by Gasteiger charge is 2.11. The lowest BCUT2D eigenvalue weighted by atomic mass is 10.0. The van der Waals surface area contributed by atoms with E-state index >= 15 is 0 Å². The maximum absolute atomic E-state index is 5.96. The predicted octanol–water partition coefficient (Wildman–Crippen LogP) is 3.95. The first-order valence-corrected chi connectivity index (χ1v) is 7.04. The lowest BCUT2D eigenvalue weighted by Gasteiger charge is -2.19. The molecule has 0 aromatic heterocycles. The summed E-state index contributed by atoms with van der Waals surface area (Å²) in [6.07, 6.45) is 0. The molecule has 20 heavy (non-hydrogen) atoms. The molecule has 2 aromatic carbocycles. The van der Waals surface area contributed by atoms with Crippen molar-refractivity contribution >= 4 is 0 Å². The van der Waals surface area contributed by atoms with E-state index in [0.717, 1.165) is 5.75 Å². The smallest absolute Gasteiger partial charge is 0.122 e. The number of para-hydroxylation sites is 1. The zero-order chi connectivity index (χ0) is 14.5. The SMILES string of the molecule is CNC(COc1ccccc1C)c1cc(C)cc(C)c1. The Bertz CT molecular complexity index is 557. The van der Waals surface area contributed by atoms with Crippen molar-refractivity contribution in [2.75, 3.05) is 13.7 Å². The largest absolute Gasteiger partial charge is 0.491 e. The number of ether oxygens (including phenoxy) is 1. The monoisotopic (exact) mass is 269 g/mol. The third-order valence-corrected chi connectivity index (χ3v) is 3.49. The molecule has 0 heterocycles.